The molecule has 0 saturated carbocycles. The van der Waals surface area contributed by atoms with Gasteiger partial charge in [0.05, 0.1) is 7.11 Å². The van der Waals surface area contributed by atoms with Crippen molar-refractivity contribution in [1.29, 1.82) is 0 Å². The monoisotopic (exact) mass is 296 g/mol. The summed E-state index contributed by atoms with van der Waals surface area (Å²) in [5.74, 6) is 0.0580. The van der Waals surface area contributed by atoms with E-state index in [0.717, 1.165) is 11.3 Å². The van der Waals surface area contributed by atoms with E-state index in [2.05, 4.69) is 5.32 Å². The van der Waals surface area contributed by atoms with E-state index in [-0.39, 0.29) is 5.91 Å². The molecule has 0 aliphatic heterocycles. The van der Waals surface area contributed by atoms with Gasteiger partial charge in [0.2, 0.25) is 0 Å². The molecule has 110 valence electrons. The lowest BCUT2D eigenvalue weighted by Gasteiger charge is -2.16. The predicted molar refractivity (Wildman–Crippen MR) is 80.6 cm³/mol. The van der Waals surface area contributed by atoms with Crippen LogP contribution in [0, 0.1) is 0 Å². The highest BCUT2D eigenvalue weighted by molar-refractivity contribution is 7.98. The first-order valence-corrected chi connectivity index (χ1v) is 7.68. The molecule has 0 spiro atoms. The molecule has 1 rings (SSSR count). The van der Waals surface area contributed by atoms with Gasteiger partial charge in [-0.3, -0.25) is 4.79 Å². The van der Waals surface area contributed by atoms with Crippen molar-refractivity contribution in [2.24, 2.45) is 5.73 Å². The summed E-state index contributed by atoms with van der Waals surface area (Å²) in [6.45, 7) is 0.431. The van der Waals surface area contributed by atoms with Crippen LogP contribution < -0.4 is 11.1 Å². The maximum atomic E-state index is 12.1. The normalized spacial score (nSPS) is 11.8. The number of ether oxygens (including phenoxy) is 1. The number of methoxy groups -OCH3 is 1. The van der Waals surface area contributed by atoms with E-state index in [1.807, 2.05) is 6.26 Å². The number of nitrogens with one attached hydrogen (secondary N) is 1. The van der Waals surface area contributed by atoms with Crippen LogP contribution in [0.25, 0.3) is 0 Å². The Labute approximate surface area is 123 Å². The zero-order valence-corrected chi connectivity index (χ0v) is 12.5. The molecule has 0 radical (unpaired) electrons. The first kappa shape index (κ1) is 16.5. The minimum absolute atomic E-state index is 0.287. The molecule has 1 unspecified atom stereocenters. The van der Waals surface area contributed by atoms with Gasteiger partial charge in [-0.25, -0.2) is 4.79 Å². The highest BCUT2D eigenvalue weighted by atomic mass is 32.2. The number of nitrogens with two attached hydrogens (primary N) is 1. The Morgan fingerprint density at radius 1 is 1.35 bits per heavy atom. The highest BCUT2D eigenvalue weighted by Crippen LogP contribution is 2.07. The van der Waals surface area contributed by atoms with Gasteiger partial charge in [-0.2, -0.15) is 11.8 Å². The Bertz CT molecular complexity index is 448. The van der Waals surface area contributed by atoms with E-state index < -0.39 is 12.0 Å². The molecule has 20 heavy (non-hydrogen) atoms. The molecule has 1 aromatic carbocycles. The van der Waals surface area contributed by atoms with Gasteiger partial charge < -0.3 is 15.8 Å². The lowest BCUT2D eigenvalue weighted by atomic mass is 10.1. The number of thioether (sulfide) groups is 1. The van der Waals surface area contributed by atoms with Gasteiger partial charge in [0.1, 0.15) is 6.04 Å². The summed E-state index contributed by atoms with van der Waals surface area (Å²) in [4.78, 5) is 23.7. The van der Waals surface area contributed by atoms with Crippen LogP contribution in [0.15, 0.2) is 24.3 Å². The third-order valence-electron chi connectivity index (χ3n) is 2.85. The lowest BCUT2D eigenvalue weighted by molar-refractivity contribution is -0.142. The van der Waals surface area contributed by atoms with Crippen molar-refractivity contribution in [3.05, 3.63) is 35.4 Å². The van der Waals surface area contributed by atoms with Gasteiger partial charge in [0, 0.05) is 12.1 Å². The molecular formula is C14H20N2O3S. The maximum absolute atomic E-state index is 12.1. The molecule has 0 aromatic heterocycles. The first-order valence-electron chi connectivity index (χ1n) is 6.29. The lowest BCUT2D eigenvalue weighted by Crippen LogP contribution is -2.41. The Morgan fingerprint density at radius 2 is 2.00 bits per heavy atom. The number of hydrogen-bond donors (Lipinski definition) is 2. The fourth-order valence-corrected chi connectivity index (χ4v) is 2.13. The van der Waals surface area contributed by atoms with Crippen molar-refractivity contribution < 1.29 is 14.3 Å². The van der Waals surface area contributed by atoms with Crippen molar-refractivity contribution >= 4 is 23.6 Å². The van der Waals surface area contributed by atoms with E-state index in [9.17, 15) is 9.59 Å². The van der Waals surface area contributed by atoms with Crippen molar-refractivity contribution in [3.63, 3.8) is 0 Å². The quantitative estimate of drug-likeness (QED) is 0.738. The molecule has 0 fully saturated rings. The van der Waals surface area contributed by atoms with E-state index in [0.29, 0.717) is 18.5 Å². The molecule has 0 aliphatic carbocycles. The summed E-state index contributed by atoms with van der Waals surface area (Å²) in [7, 11) is 1.32. The summed E-state index contributed by atoms with van der Waals surface area (Å²) in [6.07, 6.45) is 2.49. The smallest absolute Gasteiger partial charge is 0.328 e. The summed E-state index contributed by atoms with van der Waals surface area (Å²) < 4.78 is 4.70. The van der Waals surface area contributed by atoms with Crippen molar-refractivity contribution in [1.82, 2.24) is 5.32 Å². The minimum atomic E-state index is -0.617. The summed E-state index contributed by atoms with van der Waals surface area (Å²) >= 11 is 1.61. The van der Waals surface area contributed by atoms with Crippen LogP contribution in [-0.2, 0) is 16.1 Å². The van der Waals surface area contributed by atoms with Crippen molar-refractivity contribution in [3.8, 4) is 0 Å². The average molecular weight is 296 g/mol. The average Bonchev–Trinajstić information content (AvgIpc) is 2.50. The van der Waals surface area contributed by atoms with Gasteiger partial charge in [-0.15, -0.1) is 0 Å². The van der Waals surface area contributed by atoms with Crippen LogP contribution in [0.5, 0.6) is 0 Å². The minimum Gasteiger partial charge on any atom is -0.467 e. The Kier molecular flexibility index (Phi) is 7.11. The molecule has 1 amide bonds. The molecule has 0 aliphatic rings. The van der Waals surface area contributed by atoms with Gasteiger partial charge in [0.15, 0.2) is 0 Å². The third kappa shape index (κ3) is 4.86. The van der Waals surface area contributed by atoms with Crippen LogP contribution in [0.4, 0.5) is 0 Å². The highest BCUT2D eigenvalue weighted by Gasteiger charge is 2.21. The predicted octanol–water partition coefficient (Wildman–Crippen LogP) is 1.17. The SMILES string of the molecule is COC(=O)C(CCSC)NC(=O)c1ccc(CN)cc1. The molecule has 0 saturated heterocycles. The fourth-order valence-electron chi connectivity index (χ4n) is 1.66. The first-order chi connectivity index (χ1) is 9.62. The Morgan fingerprint density at radius 3 is 2.50 bits per heavy atom. The molecule has 1 atom stereocenters. The second-order valence-corrected chi connectivity index (χ2v) is 5.22. The Balaban J connectivity index is 2.70. The van der Waals surface area contributed by atoms with E-state index in [4.69, 9.17) is 10.5 Å². The molecule has 5 nitrogen and oxygen atoms in total. The van der Waals surface area contributed by atoms with Gasteiger partial charge in [-0.1, -0.05) is 12.1 Å². The number of esters is 1. The number of benzene rings is 1. The summed E-state index contributed by atoms with van der Waals surface area (Å²) in [5.41, 5.74) is 6.96. The molecule has 0 bridgehead atoms. The van der Waals surface area contributed by atoms with Crippen LogP contribution >= 0.6 is 11.8 Å². The van der Waals surface area contributed by atoms with Crippen LogP contribution in [0.1, 0.15) is 22.3 Å². The molecule has 6 heteroatoms. The van der Waals surface area contributed by atoms with Crippen molar-refractivity contribution in [2.75, 3.05) is 19.1 Å². The third-order valence-corrected chi connectivity index (χ3v) is 3.50. The zero-order chi connectivity index (χ0) is 15.0. The Hall–Kier alpha value is -1.53. The fraction of sp³-hybridized carbons (Fsp3) is 0.429. The van der Waals surface area contributed by atoms with E-state index in [1.165, 1.54) is 7.11 Å². The number of amides is 1. The molecular weight excluding hydrogens is 276 g/mol. The van der Waals surface area contributed by atoms with E-state index >= 15 is 0 Å². The molecule has 1 aromatic rings. The van der Waals surface area contributed by atoms with Gasteiger partial charge in [0.25, 0.3) is 5.91 Å². The second-order valence-electron chi connectivity index (χ2n) is 4.23. The standard InChI is InChI=1S/C14H20N2O3S/c1-19-14(18)12(7-8-20-2)16-13(17)11-5-3-10(9-15)4-6-11/h3-6,12H,7-9,15H2,1-2H3,(H,16,17). The summed E-state index contributed by atoms with van der Waals surface area (Å²) in [6, 6.07) is 6.36. The van der Waals surface area contributed by atoms with E-state index in [1.54, 1.807) is 36.0 Å². The topological polar surface area (TPSA) is 81.4 Å². The molecule has 0 heterocycles. The molecule has 3 N–H and O–H groups in total. The van der Waals surface area contributed by atoms with Crippen molar-refractivity contribution in [2.45, 2.75) is 19.0 Å². The van der Waals surface area contributed by atoms with Crippen LogP contribution in [0.3, 0.4) is 0 Å². The van der Waals surface area contributed by atoms with Gasteiger partial charge in [-0.05, 0) is 36.1 Å². The van der Waals surface area contributed by atoms with Gasteiger partial charge >= 0.3 is 5.97 Å². The van der Waals surface area contributed by atoms with Crippen LogP contribution in [-0.4, -0.2) is 37.0 Å². The number of hydrogen-bond acceptors (Lipinski definition) is 5. The number of carbonyl (C=O) groups excluding carboxylic acids is 2. The number of carbonyl (C=O) groups is 2. The second kappa shape index (κ2) is 8.60. The zero-order valence-electron chi connectivity index (χ0n) is 11.7. The van der Waals surface area contributed by atoms with Crippen LogP contribution in [0.2, 0.25) is 0 Å². The largest absolute Gasteiger partial charge is 0.467 e. The summed E-state index contributed by atoms with van der Waals surface area (Å²) in [5, 5.41) is 2.70. The maximum Gasteiger partial charge on any atom is 0.328 e. The number of rotatable bonds is 7.